The maximum absolute atomic E-state index is 2.43. The second-order valence-electron chi connectivity index (χ2n) is 15.3. The molecule has 11 aromatic rings. The SMILES string of the molecule is c1ccc(-c2ccccc2-c2ccc(-n3c4ccccc4c4ccc(N(c5ccccc5)c5cc(-c6cccc7ccccc67)ccc5-c5ccccc5)cc43)cc2)cc1. The Morgan fingerprint density at radius 1 is 0.283 bits per heavy atom. The largest absolute Gasteiger partial charge is 0.310 e. The predicted octanol–water partition coefficient (Wildman–Crippen LogP) is 16.1. The standard InChI is InChI=1S/C58H40N2/c1-4-17-41(18-5-1)49-26-12-13-27-51(49)44-31-34-47(35-32-44)60-56-30-15-14-28-54(56)55-38-36-48(40-58(55)60)59(46-23-8-3-9-24-46)57-39-45(33-37-53(57)43-19-6-2-7-20-43)52-29-16-22-42-21-10-11-25-50(42)52/h1-40H. The molecule has 0 aliphatic heterocycles. The van der Waals surface area contributed by atoms with Crippen LogP contribution in [-0.4, -0.2) is 4.57 Å². The summed E-state index contributed by atoms with van der Waals surface area (Å²) in [5, 5.41) is 4.92. The Labute approximate surface area is 350 Å². The Morgan fingerprint density at radius 2 is 0.817 bits per heavy atom. The number of fused-ring (bicyclic) bond motifs is 4. The van der Waals surface area contributed by atoms with Gasteiger partial charge in [0.2, 0.25) is 0 Å². The van der Waals surface area contributed by atoms with Crippen LogP contribution in [0.15, 0.2) is 243 Å². The van der Waals surface area contributed by atoms with Crippen molar-refractivity contribution in [3.05, 3.63) is 243 Å². The molecular formula is C58H40N2. The minimum Gasteiger partial charge on any atom is -0.310 e. The highest BCUT2D eigenvalue weighted by Gasteiger charge is 2.21. The van der Waals surface area contributed by atoms with Crippen LogP contribution in [-0.2, 0) is 0 Å². The Morgan fingerprint density at radius 3 is 1.55 bits per heavy atom. The van der Waals surface area contributed by atoms with Gasteiger partial charge in [0.15, 0.2) is 0 Å². The van der Waals surface area contributed by atoms with Crippen LogP contribution in [0.2, 0.25) is 0 Å². The minimum absolute atomic E-state index is 1.08. The summed E-state index contributed by atoms with van der Waals surface area (Å²) in [5.41, 5.74) is 16.3. The average Bonchev–Trinajstić information content (AvgIpc) is 3.66. The summed E-state index contributed by atoms with van der Waals surface area (Å²) in [6.07, 6.45) is 0. The Kier molecular flexibility index (Phi) is 8.87. The van der Waals surface area contributed by atoms with E-state index in [1.807, 2.05) is 0 Å². The van der Waals surface area contributed by atoms with Crippen molar-refractivity contribution >= 4 is 49.6 Å². The second kappa shape index (κ2) is 15.1. The van der Waals surface area contributed by atoms with E-state index in [0.717, 1.165) is 33.8 Å². The fraction of sp³-hybridized carbons (Fsp3) is 0. The minimum atomic E-state index is 1.08. The topological polar surface area (TPSA) is 8.17 Å². The molecule has 0 radical (unpaired) electrons. The number of hydrogen-bond donors (Lipinski definition) is 0. The maximum atomic E-state index is 2.43. The van der Waals surface area contributed by atoms with E-state index in [1.54, 1.807) is 0 Å². The zero-order valence-electron chi connectivity index (χ0n) is 33.0. The summed E-state index contributed by atoms with van der Waals surface area (Å²) in [5.74, 6) is 0. The number of rotatable bonds is 8. The molecule has 11 rings (SSSR count). The van der Waals surface area contributed by atoms with Gasteiger partial charge in [0.05, 0.1) is 16.7 Å². The number of nitrogens with zero attached hydrogens (tertiary/aromatic N) is 2. The molecule has 1 aromatic heterocycles. The lowest BCUT2D eigenvalue weighted by Crippen LogP contribution is -2.11. The van der Waals surface area contributed by atoms with Crippen LogP contribution in [0.3, 0.4) is 0 Å². The van der Waals surface area contributed by atoms with E-state index in [2.05, 4.69) is 252 Å². The number of benzene rings is 10. The van der Waals surface area contributed by atoms with Gasteiger partial charge in [-0.1, -0.05) is 194 Å². The van der Waals surface area contributed by atoms with E-state index in [4.69, 9.17) is 0 Å². The molecule has 0 unspecified atom stereocenters. The molecule has 0 aliphatic carbocycles. The second-order valence-corrected chi connectivity index (χ2v) is 15.3. The van der Waals surface area contributed by atoms with Crippen molar-refractivity contribution in [3.8, 4) is 50.2 Å². The van der Waals surface area contributed by atoms with Crippen molar-refractivity contribution in [2.24, 2.45) is 0 Å². The highest BCUT2D eigenvalue weighted by atomic mass is 15.1. The maximum Gasteiger partial charge on any atom is 0.0561 e. The molecule has 2 heteroatoms. The quantitative estimate of drug-likeness (QED) is 0.150. The molecule has 0 saturated carbocycles. The first-order valence-corrected chi connectivity index (χ1v) is 20.6. The lowest BCUT2D eigenvalue weighted by molar-refractivity contribution is 1.18. The van der Waals surface area contributed by atoms with E-state index < -0.39 is 0 Å². The first-order valence-electron chi connectivity index (χ1n) is 20.6. The smallest absolute Gasteiger partial charge is 0.0561 e. The molecule has 0 bridgehead atoms. The van der Waals surface area contributed by atoms with Gasteiger partial charge in [0.25, 0.3) is 0 Å². The fourth-order valence-electron chi connectivity index (χ4n) is 9.00. The zero-order chi connectivity index (χ0) is 39.8. The normalized spacial score (nSPS) is 11.3. The van der Waals surface area contributed by atoms with Crippen LogP contribution >= 0.6 is 0 Å². The summed E-state index contributed by atoms with van der Waals surface area (Å²) in [4.78, 5) is 2.43. The third-order valence-electron chi connectivity index (χ3n) is 11.8. The zero-order valence-corrected chi connectivity index (χ0v) is 33.0. The van der Waals surface area contributed by atoms with Gasteiger partial charge in [-0.25, -0.2) is 0 Å². The van der Waals surface area contributed by atoms with E-state index in [1.165, 1.54) is 66.0 Å². The van der Waals surface area contributed by atoms with E-state index >= 15 is 0 Å². The van der Waals surface area contributed by atoms with Gasteiger partial charge in [-0.3, -0.25) is 0 Å². The highest BCUT2D eigenvalue weighted by Crippen LogP contribution is 2.45. The van der Waals surface area contributed by atoms with Crippen molar-refractivity contribution in [2.75, 3.05) is 4.90 Å². The molecule has 0 N–H and O–H groups in total. The molecule has 10 aromatic carbocycles. The average molecular weight is 765 g/mol. The lowest BCUT2D eigenvalue weighted by Gasteiger charge is -2.29. The van der Waals surface area contributed by atoms with E-state index in [0.29, 0.717) is 0 Å². The molecule has 282 valence electrons. The van der Waals surface area contributed by atoms with Gasteiger partial charge < -0.3 is 9.47 Å². The third kappa shape index (κ3) is 6.23. The van der Waals surface area contributed by atoms with E-state index in [-0.39, 0.29) is 0 Å². The van der Waals surface area contributed by atoms with Gasteiger partial charge in [-0.2, -0.15) is 0 Å². The van der Waals surface area contributed by atoms with E-state index in [9.17, 15) is 0 Å². The molecule has 60 heavy (non-hydrogen) atoms. The van der Waals surface area contributed by atoms with Gasteiger partial charge >= 0.3 is 0 Å². The number of para-hydroxylation sites is 2. The van der Waals surface area contributed by atoms with Gasteiger partial charge in [0.1, 0.15) is 0 Å². The van der Waals surface area contributed by atoms with Crippen molar-refractivity contribution in [2.45, 2.75) is 0 Å². The van der Waals surface area contributed by atoms with Crippen molar-refractivity contribution in [1.29, 1.82) is 0 Å². The Bertz CT molecular complexity index is 3290. The Hall–Kier alpha value is -7.94. The monoisotopic (exact) mass is 764 g/mol. The van der Waals surface area contributed by atoms with Crippen LogP contribution in [0, 0.1) is 0 Å². The van der Waals surface area contributed by atoms with Crippen LogP contribution in [0.4, 0.5) is 17.1 Å². The molecule has 2 nitrogen and oxygen atoms in total. The molecular weight excluding hydrogens is 725 g/mol. The first kappa shape index (κ1) is 35.2. The predicted molar refractivity (Wildman–Crippen MR) is 255 cm³/mol. The van der Waals surface area contributed by atoms with Crippen molar-refractivity contribution in [1.82, 2.24) is 4.57 Å². The third-order valence-corrected chi connectivity index (χ3v) is 11.8. The Balaban J connectivity index is 1.11. The van der Waals surface area contributed by atoms with Gasteiger partial charge in [-0.15, -0.1) is 0 Å². The highest BCUT2D eigenvalue weighted by molar-refractivity contribution is 6.11. The van der Waals surface area contributed by atoms with Crippen LogP contribution in [0.25, 0.3) is 82.8 Å². The van der Waals surface area contributed by atoms with Crippen molar-refractivity contribution in [3.63, 3.8) is 0 Å². The van der Waals surface area contributed by atoms with Crippen LogP contribution in [0.5, 0.6) is 0 Å². The molecule has 1 heterocycles. The molecule has 0 atom stereocenters. The summed E-state index contributed by atoms with van der Waals surface area (Å²) in [6.45, 7) is 0. The van der Waals surface area contributed by atoms with Crippen LogP contribution < -0.4 is 4.90 Å². The summed E-state index contributed by atoms with van der Waals surface area (Å²) < 4.78 is 2.43. The lowest BCUT2D eigenvalue weighted by atomic mass is 9.94. The molecule has 0 fully saturated rings. The van der Waals surface area contributed by atoms with Crippen molar-refractivity contribution < 1.29 is 0 Å². The van der Waals surface area contributed by atoms with Gasteiger partial charge in [0, 0.05) is 33.4 Å². The molecule has 0 amide bonds. The number of anilines is 3. The first-order chi connectivity index (χ1) is 29.8. The molecule has 0 saturated heterocycles. The summed E-state index contributed by atoms with van der Waals surface area (Å²) >= 11 is 0. The fourth-order valence-corrected chi connectivity index (χ4v) is 9.00. The van der Waals surface area contributed by atoms with Crippen LogP contribution in [0.1, 0.15) is 0 Å². The molecule has 0 spiro atoms. The summed E-state index contributed by atoms with van der Waals surface area (Å²) in [7, 11) is 0. The number of hydrogen-bond acceptors (Lipinski definition) is 1. The summed E-state index contributed by atoms with van der Waals surface area (Å²) in [6, 6.07) is 87.9. The molecule has 0 aliphatic rings. The number of aromatic nitrogens is 1. The van der Waals surface area contributed by atoms with Gasteiger partial charge in [-0.05, 0) is 98.2 Å².